The molecule has 0 heterocycles. The highest BCUT2D eigenvalue weighted by Gasteiger charge is 2.25. The Morgan fingerprint density at radius 2 is 1.71 bits per heavy atom. The van der Waals surface area contributed by atoms with E-state index in [0.717, 1.165) is 17.5 Å². The molecule has 0 aliphatic carbocycles. The number of hydrogen-bond acceptors (Lipinski definition) is 3. The highest BCUT2D eigenvalue weighted by molar-refractivity contribution is 6.42. The van der Waals surface area contributed by atoms with Gasteiger partial charge in [-0.2, -0.15) is 0 Å². The minimum Gasteiger partial charge on any atom is -0.375 e. The first-order valence-corrected chi connectivity index (χ1v) is 12.1. The van der Waals surface area contributed by atoms with Crippen LogP contribution in [0.1, 0.15) is 58.3 Å². The minimum absolute atomic E-state index is 0.00712. The molecule has 2 N–H and O–H groups in total. The van der Waals surface area contributed by atoms with Gasteiger partial charge >= 0.3 is 6.03 Å². The van der Waals surface area contributed by atoms with Crippen molar-refractivity contribution < 1.29 is 14.3 Å². The lowest BCUT2D eigenvalue weighted by atomic mass is 9.95. The topological polar surface area (TPSA) is 70.7 Å². The lowest BCUT2D eigenvalue weighted by Crippen LogP contribution is -2.43. The summed E-state index contributed by atoms with van der Waals surface area (Å²) in [6, 6.07) is 12.6. The molecule has 2 rings (SSSR count). The van der Waals surface area contributed by atoms with E-state index in [1.807, 2.05) is 65.0 Å². The number of carbonyl (C=O) groups is 2. The molecular formula is C26H35Cl2N3O3. The maximum Gasteiger partial charge on any atom is 0.322 e. The molecule has 3 amide bonds. The Bertz CT molecular complexity index is 974. The van der Waals surface area contributed by atoms with E-state index in [4.69, 9.17) is 27.9 Å². The Balaban J connectivity index is 2.08. The molecule has 2 atom stereocenters. The monoisotopic (exact) mass is 507 g/mol. The number of halogens is 2. The van der Waals surface area contributed by atoms with E-state index in [-0.39, 0.29) is 24.1 Å². The van der Waals surface area contributed by atoms with Crippen LogP contribution in [0.25, 0.3) is 0 Å². The number of rotatable bonds is 9. The summed E-state index contributed by atoms with van der Waals surface area (Å²) in [5, 5.41) is 6.81. The third-order valence-electron chi connectivity index (χ3n) is 5.69. The summed E-state index contributed by atoms with van der Waals surface area (Å²) in [6.45, 7) is 10.4. The number of hydrogen-bond donors (Lipinski definition) is 2. The average Bonchev–Trinajstić information content (AvgIpc) is 2.79. The van der Waals surface area contributed by atoms with Crippen molar-refractivity contribution in [3.05, 3.63) is 63.6 Å². The van der Waals surface area contributed by atoms with Crippen LogP contribution < -0.4 is 10.6 Å². The quantitative estimate of drug-likeness (QED) is 0.397. The standard InChI is InChI=1S/C26H35Cl2N3O3/c1-7-17(2)31(16-23(34-6)19-10-13-21(27)22(28)14-19)25(33)30-20-11-8-18(9-12-20)15-29-24(32)26(3,4)5/h8-14,17,23H,7,15-16H2,1-6H3,(H,29,32)(H,30,33)/t17-,23-/m1/s1. The number of anilines is 1. The highest BCUT2D eigenvalue weighted by atomic mass is 35.5. The summed E-state index contributed by atoms with van der Waals surface area (Å²) >= 11 is 12.2. The minimum atomic E-state index is -0.440. The molecule has 34 heavy (non-hydrogen) atoms. The molecule has 0 radical (unpaired) electrons. The first kappa shape index (κ1) is 28.0. The van der Waals surface area contributed by atoms with Gasteiger partial charge in [0.2, 0.25) is 5.91 Å². The van der Waals surface area contributed by atoms with E-state index in [9.17, 15) is 9.59 Å². The van der Waals surface area contributed by atoms with Crippen LogP contribution in [0.15, 0.2) is 42.5 Å². The molecule has 8 heteroatoms. The Morgan fingerprint density at radius 3 is 2.24 bits per heavy atom. The Labute approximate surface area is 213 Å². The second kappa shape index (κ2) is 12.4. The zero-order valence-corrected chi connectivity index (χ0v) is 22.3. The molecule has 2 aromatic carbocycles. The van der Waals surface area contributed by atoms with Crippen LogP contribution in [-0.2, 0) is 16.1 Å². The van der Waals surface area contributed by atoms with Crippen LogP contribution in [0.5, 0.6) is 0 Å². The van der Waals surface area contributed by atoms with Crippen LogP contribution in [0.4, 0.5) is 10.5 Å². The van der Waals surface area contributed by atoms with Crippen molar-refractivity contribution >= 4 is 40.8 Å². The van der Waals surface area contributed by atoms with Crippen molar-refractivity contribution in [2.75, 3.05) is 19.0 Å². The Kier molecular flexibility index (Phi) is 10.2. The number of amides is 3. The fourth-order valence-corrected chi connectivity index (χ4v) is 3.55. The average molecular weight is 508 g/mol. The molecule has 0 fully saturated rings. The van der Waals surface area contributed by atoms with Crippen molar-refractivity contribution in [2.24, 2.45) is 5.41 Å². The van der Waals surface area contributed by atoms with E-state index in [1.54, 1.807) is 24.1 Å². The van der Waals surface area contributed by atoms with Crippen LogP contribution in [0.3, 0.4) is 0 Å². The maximum atomic E-state index is 13.2. The molecule has 0 aliphatic heterocycles. The summed E-state index contributed by atoms with van der Waals surface area (Å²) in [6.07, 6.45) is 0.431. The van der Waals surface area contributed by atoms with Gasteiger partial charge in [0, 0.05) is 30.8 Å². The summed E-state index contributed by atoms with van der Waals surface area (Å²) in [7, 11) is 1.61. The van der Waals surface area contributed by atoms with Crippen LogP contribution in [-0.4, -0.2) is 36.5 Å². The third kappa shape index (κ3) is 7.90. The summed E-state index contributed by atoms with van der Waals surface area (Å²) in [5.74, 6) is -0.0104. The van der Waals surface area contributed by atoms with Gasteiger partial charge in [0.25, 0.3) is 0 Å². The maximum absolute atomic E-state index is 13.2. The molecule has 0 aliphatic rings. The van der Waals surface area contributed by atoms with Crippen molar-refractivity contribution in [3.8, 4) is 0 Å². The first-order chi connectivity index (χ1) is 16.0. The van der Waals surface area contributed by atoms with Gasteiger partial charge in [-0.3, -0.25) is 4.79 Å². The van der Waals surface area contributed by atoms with Crippen molar-refractivity contribution in [1.29, 1.82) is 0 Å². The number of nitrogens with one attached hydrogen (secondary N) is 2. The normalized spacial score (nSPS) is 13.2. The van der Waals surface area contributed by atoms with E-state index in [2.05, 4.69) is 10.6 Å². The van der Waals surface area contributed by atoms with Crippen molar-refractivity contribution in [1.82, 2.24) is 10.2 Å². The third-order valence-corrected chi connectivity index (χ3v) is 6.42. The zero-order valence-electron chi connectivity index (χ0n) is 20.7. The van der Waals surface area contributed by atoms with Gasteiger partial charge in [0.15, 0.2) is 0 Å². The number of benzene rings is 2. The predicted molar refractivity (Wildman–Crippen MR) is 139 cm³/mol. The molecule has 0 saturated carbocycles. The van der Waals surface area contributed by atoms with E-state index in [1.165, 1.54) is 0 Å². The summed E-state index contributed by atoms with van der Waals surface area (Å²) in [5.41, 5.74) is 2.03. The second-order valence-corrected chi connectivity index (χ2v) is 10.2. The van der Waals surface area contributed by atoms with Gasteiger partial charge < -0.3 is 20.3 Å². The molecular weight excluding hydrogens is 473 g/mol. The molecule has 0 bridgehead atoms. The smallest absolute Gasteiger partial charge is 0.322 e. The molecule has 0 saturated heterocycles. The molecule has 6 nitrogen and oxygen atoms in total. The van der Waals surface area contributed by atoms with Gasteiger partial charge in [0.1, 0.15) is 0 Å². The van der Waals surface area contributed by atoms with Gasteiger partial charge in [-0.05, 0) is 48.7 Å². The van der Waals surface area contributed by atoms with Crippen LogP contribution >= 0.6 is 23.2 Å². The number of methoxy groups -OCH3 is 1. The second-order valence-electron chi connectivity index (χ2n) is 9.37. The molecule has 186 valence electrons. The van der Waals surface area contributed by atoms with Crippen molar-refractivity contribution in [2.45, 2.75) is 59.7 Å². The largest absolute Gasteiger partial charge is 0.375 e. The lowest BCUT2D eigenvalue weighted by Gasteiger charge is -2.32. The Hall–Kier alpha value is -2.28. The predicted octanol–water partition coefficient (Wildman–Crippen LogP) is 6.68. The van der Waals surface area contributed by atoms with Gasteiger partial charge in [-0.25, -0.2) is 4.79 Å². The van der Waals surface area contributed by atoms with Crippen LogP contribution in [0, 0.1) is 5.41 Å². The van der Waals surface area contributed by atoms with Gasteiger partial charge in [-0.15, -0.1) is 0 Å². The Morgan fingerprint density at radius 1 is 1.06 bits per heavy atom. The van der Waals surface area contributed by atoms with Gasteiger partial charge in [0.05, 0.1) is 22.7 Å². The fourth-order valence-electron chi connectivity index (χ4n) is 3.24. The van der Waals surface area contributed by atoms with E-state index in [0.29, 0.717) is 28.8 Å². The summed E-state index contributed by atoms with van der Waals surface area (Å²) in [4.78, 5) is 27.0. The van der Waals surface area contributed by atoms with Crippen LogP contribution in [0.2, 0.25) is 10.0 Å². The number of nitrogens with zero attached hydrogens (tertiary/aromatic N) is 1. The summed E-state index contributed by atoms with van der Waals surface area (Å²) < 4.78 is 5.68. The SMILES string of the molecule is CC[C@@H](C)N(C[C@@H](OC)c1ccc(Cl)c(Cl)c1)C(=O)Nc1ccc(CNC(=O)C(C)(C)C)cc1. The number of carbonyl (C=O) groups excluding carboxylic acids is 2. The fraction of sp³-hybridized carbons (Fsp3) is 0.462. The zero-order chi connectivity index (χ0) is 25.5. The first-order valence-electron chi connectivity index (χ1n) is 11.4. The molecule has 0 unspecified atom stereocenters. The van der Waals surface area contributed by atoms with E-state index < -0.39 is 5.41 Å². The van der Waals surface area contributed by atoms with E-state index >= 15 is 0 Å². The van der Waals surface area contributed by atoms with Gasteiger partial charge in [-0.1, -0.05) is 69.1 Å². The highest BCUT2D eigenvalue weighted by Crippen LogP contribution is 2.28. The number of urea groups is 1. The molecule has 2 aromatic rings. The molecule has 0 aromatic heterocycles. The number of ether oxygens (including phenoxy) is 1. The lowest BCUT2D eigenvalue weighted by molar-refractivity contribution is -0.128. The molecule has 0 spiro atoms. The van der Waals surface area contributed by atoms with Crippen molar-refractivity contribution in [3.63, 3.8) is 0 Å².